The summed E-state index contributed by atoms with van der Waals surface area (Å²) in [5.41, 5.74) is 16.9. The fourth-order valence-electron chi connectivity index (χ4n) is 3.72. The maximum absolute atomic E-state index is 6.27. The van der Waals surface area contributed by atoms with Gasteiger partial charge in [0.25, 0.3) is 0 Å². The largest absolute Gasteiger partial charge is 0.398 e. The summed E-state index contributed by atoms with van der Waals surface area (Å²) in [6, 6.07) is 16.9. The van der Waals surface area contributed by atoms with Crippen LogP contribution in [-0.2, 0) is 0 Å². The molecule has 4 aromatic rings. The Balaban J connectivity index is 2.25. The van der Waals surface area contributed by atoms with E-state index in [1.54, 1.807) is 0 Å². The number of aryl methyl sites for hydroxylation is 3. The fraction of sp³-hybridized carbons (Fsp3) is 0.217. The molecule has 4 heteroatoms. The van der Waals surface area contributed by atoms with Crippen molar-refractivity contribution in [3.8, 4) is 5.69 Å². The van der Waals surface area contributed by atoms with Crippen LogP contribution in [0.25, 0.3) is 27.8 Å². The van der Waals surface area contributed by atoms with E-state index in [0.29, 0.717) is 0 Å². The van der Waals surface area contributed by atoms with Crippen molar-refractivity contribution in [1.82, 2.24) is 4.98 Å². The van der Waals surface area contributed by atoms with Crippen molar-refractivity contribution in [2.24, 2.45) is 0 Å². The summed E-state index contributed by atoms with van der Waals surface area (Å²) in [7, 11) is 4.14. The van der Waals surface area contributed by atoms with Crippen LogP contribution in [0.15, 0.2) is 48.5 Å². The zero-order valence-corrected chi connectivity index (χ0v) is 16.5. The number of rotatable bonds is 2. The Morgan fingerprint density at radius 3 is 2.11 bits per heavy atom. The Kier molecular flexibility index (Phi) is 3.99. The van der Waals surface area contributed by atoms with Gasteiger partial charge in [-0.05, 0) is 44.0 Å². The van der Waals surface area contributed by atoms with E-state index in [9.17, 15) is 0 Å². The van der Waals surface area contributed by atoms with Crippen LogP contribution in [0.5, 0.6) is 0 Å². The van der Waals surface area contributed by atoms with Gasteiger partial charge in [0.15, 0.2) is 0 Å². The van der Waals surface area contributed by atoms with Gasteiger partial charge in [0.2, 0.25) is 16.7 Å². The highest BCUT2D eigenvalue weighted by molar-refractivity contribution is 5.87. The first kappa shape index (κ1) is 17.3. The van der Waals surface area contributed by atoms with Gasteiger partial charge in [-0.25, -0.2) is 4.98 Å². The SMILES string of the molecule is Cc1cc2nc3cc(C)c(N(C)C)cc3[n+](-c3ccccc3C)c2cc1N. The molecule has 2 N–H and O–H groups in total. The topological polar surface area (TPSA) is 46.0 Å². The van der Waals surface area contributed by atoms with Crippen molar-refractivity contribution in [2.45, 2.75) is 20.8 Å². The van der Waals surface area contributed by atoms with E-state index in [-0.39, 0.29) is 0 Å². The van der Waals surface area contributed by atoms with Gasteiger partial charge < -0.3 is 10.6 Å². The second kappa shape index (κ2) is 6.23. The van der Waals surface area contributed by atoms with Crippen LogP contribution in [0.3, 0.4) is 0 Å². The molecule has 1 heterocycles. The Morgan fingerprint density at radius 1 is 0.815 bits per heavy atom. The smallest absolute Gasteiger partial charge is 0.239 e. The summed E-state index contributed by atoms with van der Waals surface area (Å²) in [5, 5.41) is 0. The van der Waals surface area contributed by atoms with Crippen LogP contribution in [-0.4, -0.2) is 19.1 Å². The Morgan fingerprint density at radius 2 is 1.44 bits per heavy atom. The van der Waals surface area contributed by atoms with Crippen molar-refractivity contribution in [3.63, 3.8) is 0 Å². The molecule has 1 aromatic heterocycles. The number of hydrogen-bond acceptors (Lipinski definition) is 3. The number of hydrogen-bond donors (Lipinski definition) is 1. The molecule has 0 aliphatic carbocycles. The van der Waals surface area contributed by atoms with E-state index < -0.39 is 0 Å². The van der Waals surface area contributed by atoms with Crippen molar-refractivity contribution in [3.05, 3.63) is 65.2 Å². The molecule has 0 saturated heterocycles. The van der Waals surface area contributed by atoms with Crippen LogP contribution in [0.4, 0.5) is 11.4 Å². The van der Waals surface area contributed by atoms with Gasteiger partial charge in [-0.1, -0.05) is 18.2 Å². The molecule has 0 unspecified atom stereocenters. The summed E-state index contributed by atoms with van der Waals surface area (Å²) >= 11 is 0. The van der Waals surface area contributed by atoms with Crippen LogP contribution >= 0.6 is 0 Å². The molecule has 3 aromatic carbocycles. The average molecular weight is 357 g/mol. The molecule has 4 rings (SSSR count). The summed E-state index contributed by atoms with van der Waals surface area (Å²) in [6.07, 6.45) is 0. The third-order valence-corrected chi connectivity index (χ3v) is 5.22. The first-order valence-corrected chi connectivity index (χ1v) is 9.16. The van der Waals surface area contributed by atoms with Crippen molar-refractivity contribution in [2.75, 3.05) is 24.7 Å². The second-order valence-corrected chi connectivity index (χ2v) is 7.45. The van der Waals surface area contributed by atoms with Gasteiger partial charge in [-0.3, -0.25) is 0 Å². The van der Waals surface area contributed by atoms with E-state index in [0.717, 1.165) is 39.0 Å². The minimum Gasteiger partial charge on any atom is -0.398 e. The molecule has 0 bridgehead atoms. The maximum Gasteiger partial charge on any atom is 0.239 e. The highest BCUT2D eigenvalue weighted by Gasteiger charge is 2.23. The third kappa shape index (κ3) is 2.78. The molecular weight excluding hydrogens is 332 g/mol. The van der Waals surface area contributed by atoms with Crippen LogP contribution < -0.4 is 15.2 Å². The molecule has 0 radical (unpaired) electrons. The predicted molar refractivity (Wildman–Crippen MR) is 114 cm³/mol. The number of benzene rings is 3. The first-order valence-electron chi connectivity index (χ1n) is 9.16. The number of nitrogen functional groups attached to an aromatic ring is 1. The predicted octanol–water partition coefficient (Wildman–Crippen LogP) is 4.24. The summed E-state index contributed by atoms with van der Waals surface area (Å²) < 4.78 is 2.29. The van der Waals surface area contributed by atoms with Gasteiger partial charge in [-0.2, -0.15) is 0 Å². The summed E-state index contributed by atoms with van der Waals surface area (Å²) in [5.74, 6) is 0. The maximum atomic E-state index is 6.27. The van der Waals surface area contributed by atoms with Crippen LogP contribution in [0, 0.1) is 20.8 Å². The van der Waals surface area contributed by atoms with Crippen molar-refractivity contribution >= 4 is 33.4 Å². The molecule has 0 aliphatic rings. The Hall–Kier alpha value is -3.14. The minimum absolute atomic E-state index is 0.783. The van der Waals surface area contributed by atoms with E-state index in [2.05, 4.69) is 79.9 Å². The van der Waals surface area contributed by atoms with E-state index in [4.69, 9.17) is 10.7 Å². The zero-order valence-electron chi connectivity index (χ0n) is 16.5. The Bertz CT molecular complexity index is 1190. The number of fused-ring (bicyclic) bond motifs is 2. The number of nitrogens with two attached hydrogens (primary N) is 1. The molecule has 0 spiro atoms. The lowest BCUT2D eigenvalue weighted by Gasteiger charge is -2.16. The lowest BCUT2D eigenvalue weighted by molar-refractivity contribution is -0.538. The highest BCUT2D eigenvalue weighted by atomic mass is 15.1. The highest BCUT2D eigenvalue weighted by Crippen LogP contribution is 2.27. The van der Waals surface area contributed by atoms with Crippen LogP contribution in [0.1, 0.15) is 16.7 Å². The molecule has 0 saturated carbocycles. The molecule has 0 amide bonds. The molecular formula is C23H25N4+. The zero-order chi connectivity index (χ0) is 19.3. The first-order chi connectivity index (χ1) is 12.9. The Labute approximate surface area is 159 Å². The normalized spacial score (nSPS) is 11.3. The van der Waals surface area contributed by atoms with Gasteiger partial charge in [0.1, 0.15) is 11.0 Å². The second-order valence-electron chi connectivity index (χ2n) is 7.45. The van der Waals surface area contributed by atoms with Crippen molar-refractivity contribution in [1.29, 1.82) is 0 Å². The number of para-hydroxylation sites is 1. The number of anilines is 2. The quantitative estimate of drug-likeness (QED) is 0.332. The standard InChI is InChI=1S/C23H24N4/c1-14-8-6-7-9-20(14)27-22-12-17(24)15(2)10-18(22)25-19-11-16(3)21(26(4)5)13-23(19)27/h6-13,24H,1-5H3/p+1. The molecule has 4 nitrogen and oxygen atoms in total. The van der Waals surface area contributed by atoms with Gasteiger partial charge in [0, 0.05) is 49.2 Å². The monoisotopic (exact) mass is 357 g/mol. The molecule has 0 aliphatic heterocycles. The lowest BCUT2D eigenvalue weighted by atomic mass is 10.1. The van der Waals surface area contributed by atoms with Crippen molar-refractivity contribution < 1.29 is 4.57 Å². The fourth-order valence-corrected chi connectivity index (χ4v) is 3.72. The average Bonchev–Trinajstić information content (AvgIpc) is 2.61. The molecule has 0 atom stereocenters. The van der Waals surface area contributed by atoms with E-state index in [1.807, 2.05) is 13.0 Å². The molecule has 27 heavy (non-hydrogen) atoms. The molecule has 136 valence electrons. The summed E-state index contributed by atoms with van der Waals surface area (Å²) in [6.45, 7) is 6.30. The van der Waals surface area contributed by atoms with Gasteiger partial charge >= 0.3 is 0 Å². The number of aromatic nitrogens is 2. The molecule has 0 fully saturated rings. The number of nitrogens with zero attached hydrogens (tertiary/aromatic N) is 3. The summed E-state index contributed by atoms with van der Waals surface area (Å²) in [4.78, 5) is 7.11. The van der Waals surface area contributed by atoms with Crippen LogP contribution in [0.2, 0.25) is 0 Å². The lowest BCUT2D eigenvalue weighted by Crippen LogP contribution is -2.34. The minimum atomic E-state index is 0.783. The van der Waals surface area contributed by atoms with Gasteiger partial charge in [0.05, 0.1) is 0 Å². The van der Waals surface area contributed by atoms with E-state index in [1.165, 1.54) is 16.8 Å². The van der Waals surface area contributed by atoms with E-state index >= 15 is 0 Å². The third-order valence-electron chi connectivity index (χ3n) is 5.22. The van der Waals surface area contributed by atoms with Gasteiger partial charge in [-0.15, -0.1) is 4.57 Å².